The Morgan fingerprint density at radius 1 is 1.08 bits per heavy atom. The number of carbonyl (C=O) groups excluding carboxylic acids is 1. The molecule has 0 aliphatic carbocycles. The second-order valence-electron chi connectivity index (χ2n) is 11.3. The maximum Gasteiger partial charge on any atom is 0.337 e. The smallest absolute Gasteiger partial charge is 0.337 e. The molecule has 0 saturated heterocycles. The summed E-state index contributed by atoms with van der Waals surface area (Å²) in [4.78, 5) is 25.6. The summed E-state index contributed by atoms with van der Waals surface area (Å²) in [7, 11) is 0. The molecule has 4 rings (SSSR count). The highest BCUT2D eigenvalue weighted by atomic mass is 16.5. The van der Waals surface area contributed by atoms with Gasteiger partial charge in [-0.1, -0.05) is 36.4 Å². The molecule has 3 aromatic carbocycles. The van der Waals surface area contributed by atoms with Gasteiger partial charge in [0.15, 0.2) is 6.10 Å². The average Bonchev–Trinajstić information content (AvgIpc) is 2.89. The van der Waals surface area contributed by atoms with Gasteiger partial charge in [0, 0.05) is 17.7 Å². The SMILES string of the molecule is Cc1cc(NC(=O)CCCc2ccccc2)c(C)c(C(OC(C)(C)C)C(=O)O)c1-c1ccc2c(c1)CCCO2. The highest BCUT2D eigenvalue weighted by Crippen LogP contribution is 2.42. The van der Waals surface area contributed by atoms with Crippen molar-refractivity contribution >= 4 is 17.6 Å². The number of benzene rings is 3. The molecule has 0 bridgehead atoms. The standard InChI is InChI=1S/C33H39NO5/c1-21-19-26(34-28(35)15-9-13-23-11-7-6-8-12-23)22(2)30(31(32(36)37)39-33(3,4)5)29(21)25-16-17-27-24(20-25)14-10-18-38-27/h6-8,11-12,16-17,19-20,31H,9-10,13-15,18H2,1-5H3,(H,34,35)(H,36,37). The van der Waals surface area contributed by atoms with Crippen LogP contribution in [0.2, 0.25) is 0 Å². The Bertz CT molecular complexity index is 1340. The number of nitrogens with one attached hydrogen (secondary N) is 1. The van der Waals surface area contributed by atoms with Gasteiger partial charge in [-0.25, -0.2) is 4.79 Å². The van der Waals surface area contributed by atoms with Gasteiger partial charge in [-0.15, -0.1) is 0 Å². The first-order valence-corrected chi connectivity index (χ1v) is 13.7. The highest BCUT2D eigenvalue weighted by molar-refractivity contribution is 5.94. The minimum Gasteiger partial charge on any atom is -0.493 e. The number of anilines is 1. The number of carbonyl (C=O) groups is 2. The summed E-state index contributed by atoms with van der Waals surface area (Å²) in [6.07, 6.45) is 2.56. The molecule has 1 amide bonds. The number of carboxylic acid groups (broad SMARTS) is 1. The van der Waals surface area contributed by atoms with Gasteiger partial charge in [0.25, 0.3) is 0 Å². The van der Waals surface area contributed by atoms with Crippen LogP contribution >= 0.6 is 0 Å². The van der Waals surface area contributed by atoms with Crippen LogP contribution < -0.4 is 10.1 Å². The number of carboxylic acids is 1. The van der Waals surface area contributed by atoms with Crippen molar-refractivity contribution in [2.45, 2.75) is 78.4 Å². The topological polar surface area (TPSA) is 84.9 Å². The van der Waals surface area contributed by atoms with E-state index in [1.165, 1.54) is 5.56 Å². The van der Waals surface area contributed by atoms with Gasteiger partial charge in [0.2, 0.25) is 5.91 Å². The van der Waals surface area contributed by atoms with Crippen LogP contribution in [0.1, 0.15) is 74.0 Å². The summed E-state index contributed by atoms with van der Waals surface area (Å²) >= 11 is 0. The lowest BCUT2D eigenvalue weighted by Crippen LogP contribution is -2.28. The van der Waals surface area contributed by atoms with Crippen LogP contribution in [0.15, 0.2) is 54.6 Å². The molecule has 0 fully saturated rings. The Labute approximate surface area is 231 Å². The second kappa shape index (κ2) is 12.0. The van der Waals surface area contributed by atoms with E-state index in [0.29, 0.717) is 29.8 Å². The Balaban J connectivity index is 1.71. The largest absolute Gasteiger partial charge is 0.493 e. The maximum atomic E-state index is 13.0. The third-order valence-electron chi connectivity index (χ3n) is 6.97. The van der Waals surface area contributed by atoms with Crippen molar-refractivity contribution in [3.63, 3.8) is 0 Å². The Morgan fingerprint density at radius 2 is 1.82 bits per heavy atom. The predicted molar refractivity (Wildman–Crippen MR) is 154 cm³/mol. The molecule has 1 aliphatic heterocycles. The second-order valence-corrected chi connectivity index (χ2v) is 11.3. The highest BCUT2D eigenvalue weighted by Gasteiger charge is 2.32. The first kappa shape index (κ1) is 28.4. The average molecular weight is 530 g/mol. The van der Waals surface area contributed by atoms with Gasteiger partial charge in [-0.2, -0.15) is 0 Å². The van der Waals surface area contributed by atoms with Crippen molar-refractivity contribution in [3.05, 3.63) is 82.4 Å². The molecule has 0 aromatic heterocycles. The molecule has 206 valence electrons. The molecule has 0 radical (unpaired) electrons. The van der Waals surface area contributed by atoms with Gasteiger partial charge in [0.1, 0.15) is 5.75 Å². The third kappa shape index (κ3) is 7.07. The van der Waals surface area contributed by atoms with Gasteiger partial charge < -0.3 is 19.9 Å². The van der Waals surface area contributed by atoms with Gasteiger partial charge in [0.05, 0.1) is 12.2 Å². The number of fused-ring (bicyclic) bond motifs is 1. The van der Waals surface area contributed by atoms with E-state index in [1.54, 1.807) is 0 Å². The van der Waals surface area contributed by atoms with Crippen LogP contribution in [-0.2, 0) is 27.2 Å². The fourth-order valence-electron chi connectivity index (χ4n) is 5.20. The van der Waals surface area contributed by atoms with Crippen molar-refractivity contribution in [1.29, 1.82) is 0 Å². The zero-order valence-corrected chi connectivity index (χ0v) is 23.6. The maximum absolute atomic E-state index is 13.0. The van der Waals surface area contributed by atoms with Gasteiger partial charge in [-0.05, 0) is 112 Å². The van der Waals surface area contributed by atoms with Crippen molar-refractivity contribution in [1.82, 2.24) is 0 Å². The van der Waals surface area contributed by atoms with Crippen molar-refractivity contribution in [3.8, 4) is 16.9 Å². The van der Waals surface area contributed by atoms with Gasteiger partial charge >= 0.3 is 5.97 Å². The number of amides is 1. The number of rotatable bonds is 9. The molecule has 1 atom stereocenters. The van der Waals surface area contributed by atoms with Crippen LogP contribution in [-0.4, -0.2) is 29.2 Å². The molecule has 6 heteroatoms. The molecule has 1 aliphatic rings. The molecule has 2 N–H and O–H groups in total. The van der Waals surface area contributed by atoms with E-state index in [2.05, 4.69) is 23.5 Å². The number of aryl methyl sites for hydroxylation is 3. The quantitative estimate of drug-likeness (QED) is 0.306. The van der Waals surface area contributed by atoms with E-state index >= 15 is 0 Å². The van der Waals surface area contributed by atoms with E-state index in [0.717, 1.165) is 53.7 Å². The summed E-state index contributed by atoms with van der Waals surface area (Å²) in [5.41, 5.74) is 6.09. The van der Waals surface area contributed by atoms with Crippen LogP contribution in [0.25, 0.3) is 11.1 Å². The number of aliphatic carboxylic acids is 1. The van der Waals surface area contributed by atoms with E-state index in [9.17, 15) is 14.7 Å². The summed E-state index contributed by atoms with van der Waals surface area (Å²) in [6, 6.07) is 18.1. The zero-order valence-electron chi connectivity index (χ0n) is 23.6. The first-order valence-electron chi connectivity index (χ1n) is 13.7. The fourth-order valence-corrected chi connectivity index (χ4v) is 5.20. The van der Waals surface area contributed by atoms with Crippen LogP contribution in [0, 0.1) is 13.8 Å². The van der Waals surface area contributed by atoms with E-state index in [-0.39, 0.29) is 5.91 Å². The molecule has 0 spiro atoms. The summed E-state index contributed by atoms with van der Waals surface area (Å²) in [6.45, 7) is 10.1. The lowest BCUT2D eigenvalue weighted by Gasteiger charge is -2.30. The van der Waals surface area contributed by atoms with Crippen molar-refractivity contribution in [2.24, 2.45) is 0 Å². The predicted octanol–water partition coefficient (Wildman–Crippen LogP) is 7.20. The van der Waals surface area contributed by atoms with E-state index in [1.807, 2.05) is 71.0 Å². The molecule has 1 unspecified atom stereocenters. The molecular formula is C33H39NO5. The van der Waals surface area contributed by atoms with Crippen LogP contribution in [0.5, 0.6) is 5.75 Å². The minimum absolute atomic E-state index is 0.0957. The minimum atomic E-state index is -1.21. The van der Waals surface area contributed by atoms with E-state index < -0.39 is 17.7 Å². The number of ether oxygens (including phenoxy) is 2. The summed E-state index contributed by atoms with van der Waals surface area (Å²) in [5, 5.41) is 13.4. The van der Waals surface area contributed by atoms with Crippen LogP contribution in [0.3, 0.4) is 0 Å². The molecule has 1 heterocycles. The summed E-state index contributed by atoms with van der Waals surface area (Å²) in [5.74, 6) is -0.288. The third-order valence-corrected chi connectivity index (χ3v) is 6.97. The molecule has 0 saturated carbocycles. The molecular weight excluding hydrogens is 490 g/mol. The van der Waals surface area contributed by atoms with E-state index in [4.69, 9.17) is 9.47 Å². The van der Waals surface area contributed by atoms with Crippen molar-refractivity contribution in [2.75, 3.05) is 11.9 Å². The lowest BCUT2D eigenvalue weighted by atomic mass is 9.86. The van der Waals surface area contributed by atoms with Crippen LogP contribution in [0.4, 0.5) is 5.69 Å². The lowest BCUT2D eigenvalue weighted by molar-refractivity contribution is -0.160. The fraction of sp³-hybridized carbons (Fsp3) is 0.394. The number of hydrogen-bond donors (Lipinski definition) is 2. The monoisotopic (exact) mass is 529 g/mol. The molecule has 39 heavy (non-hydrogen) atoms. The zero-order chi connectivity index (χ0) is 28.2. The van der Waals surface area contributed by atoms with Gasteiger partial charge in [-0.3, -0.25) is 4.79 Å². The normalized spacial score (nSPS) is 13.8. The molecule has 3 aromatic rings. The van der Waals surface area contributed by atoms with Crippen molar-refractivity contribution < 1.29 is 24.2 Å². The Kier molecular flexibility index (Phi) is 8.76. The number of hydrogen-bond acceptors (Lipinski definition) is 4. The Morgan fingerprint density at radius 3 is 2.51 bits per heavy atom. The first-order chi connectivity index (χ1) is 18.5. The Hall–Kier alpha value is -3.64. The molecule has 6 nitrogen and oxygen atoms in total. The summed E-state index contributed by atoms with van der Waals surface area (Å²) < 4.78 is 11.9.